The lowest BCUT2D eigenvalue weighted by Crippen LogP contribution is -2.58. The number of halogens is 1. The first-order chi connectivity index (χ1) is 15.2. The van der Waals surface area contributed by atoms with Crippen LogP contribution in [0.25, 0.3) is 0 Å². The third kappa shape index (κ3) is 6.60. The molecule has 2 heterocycles. The third-order valence-corrected chi connectivity index (χ3v) is 7.39. The Bertz CT molecular complexity index is 758. The minimum absolute atomic E-state index is 0.0781. The number of morpholine rings is 1. The van der Waals surface area contributed by atoms with Crippen molar-refractivity contribution in [3.05, 3.63) is 28.3 Å². The van der Waals surface area contributed by atoms with Crippen molar-refractivity contribution in [2.45, 2.75) is 65.1 Å². The number of amides is 1. The van der Waals surface area contributed by atoms with Crippen LogP contribution in [0.5, 0.6) is 5.75 Å². The lowest BCUT2D eigenvalue weighted by Gasteiger charge is -2.44. The number of benzene rings is 1. The molecule has 1 amide bonds. The number of likely N-dealkylation sites (tertiary alicyclic amines) is 1. The molecular formula is C25H39ClN2O4. The highest BCUT2D eigenvalue weighted by Gasteiger charge is 2.41. The van der Waals surface area contributed by atoms with E-state index in [2.05, 4.69) is 18.7 Å². The number of hydrogen-bond acceptors (Lipinski definition) is 5. The number of carbonyl (C=O) groups excluding carboxylic acids is 1. The van der Waals surface area contributed by atoms with Gasteiger partial charge in [-0.2, -0.15) is 0 Å². The fourth-order valence-electron chi connectivity index (χ4n) is 4.60. The van der Waals surface area contributed by atoms with Gasteiger partial charge in [0.25, 0.3) is 0 Å². The molecule has 0 unspecified atom stereocenters. The molecule has 0 radical (unpaired) electrons. The standard InChI is InChI=1S/C25H39ClN2O4/c1-5-18(2)15-27-10-11-32-25(16-27,14-23(30)28-8-6-21(29)7-9-28)17-31-22-12-19(3)24(26)20(4)13-22/h12-13,18,21,29H,5-11,14-17H2,1-4H3/t18-,25+/m0/s1. The Balaban J connectivity index is 1.75. The van der Waals surface area contributed by atoms with Crippen molar-refractivity contribution in [2.75, 3.05) is 45.9 Å². The monoisotopic (exact) mass is 466 g/mol. The van der Waals surface area contributed by atoms with Crippen LogP contribution in [0.1, 0.15) is 50.7 Å². The van der Waals surface area contributed by atoms with E-state index in [0.717, 1.165) is 41.4 Å². The zero-order valence-corrected chi connectivity index (χ0v) is 20.8. The first-order valence-corrected chi connectivity index (χ1v) is 12.3. The maximum atomic E-state index is 13.2. The smallest absolute Gasteiger partial charge is 0.225 e. The number of hydrogen-bond donors (Lipinski definition) is 1. The maximum Gasteiger partial charge on any atom is 0.225 e. The van der Waals surface area contributed by atoms with Crippen LogP contribution in [0, 0.1) is 19.8 Å². The van der Waals surface area contributed by atoms with Crippen molar-refractivity contribution in [3.8, 4) is 5.75 Å². The molecule has 2 fully saturated rings. The molecule has 0 saturated carbocycles. The number of piperidine rings is 1. The number of carbonyl (C=O) groups is 1. The predicted octanol–water partition coefficient (Wildman–Crippen LogP) is 3.83. The van der Waals surface area contributed by atoms with E-state index in [-0.39, 0.29) is 18.4 Å². The van der Waals surface area contributed by atoms with Crippen molar-refractivity contribution in [1.29, 1.82) is 0 Å². The van der Waals surface area contributed by atoms with E-state index >= 15 is 0 Å². The SMILES string of the molecule is CC[C@H](C)CN1CCO[C@](COc2cc(C)c(Cl)c(C)c2)(CC(=O)N2CCC(O)CC2)C1. The quantitative estimate of drug-likeness (QED) is 0.631. The van der Waals surface area contributed by atoms with E-state index in [1.807, 2.05) is 30.9 Å². The molecule has 1 N–H and O–H groups in total. The van der Waals surface area contributed by atoms with Gasteiger partial charge in [0, 0.05) is 37.7 Å². The number of aryl methyl sites for hydroxylation is 2. The molecule has 32 heavy (non-hydrogen) atoms. The van der Waals surface area contributed by atoms with Crippen LogP contribution in [0.2, 0.25) is 5.02 Å². The Hall–Kier alpha value is -1.34. The van der Waals surface area contributed by atoms with E-state index in [4.69, 9.17) is 21.1 Å². The molecule has 0 bridgehead atoms. The lowest BCUT2D eigenvalue weighted by molar-refractivity contribution is -0.158. The molecule has 1 aromatic rings. The van der Waals surface area contributed by atoms with Crippen LogP contribution in [0.3, 0.4) is 0 Å². The van der Waals surface area contributed by atoms with Gasteiger partial charge in [-0.15, -0.1) is 0 Å². The van der Waals surface area contributed by atoms with Gasteiger partial charge in [0.1, 0.15) is 18.0 Å². The normalized spacial score (nSPS) is 23.9. The summed E-state index contributed by atoms with van der Waals surface area (Å²) in [6.45, 7) is 13.0. The fourth-order valence-corrected chi connectivity index (χ4v) is 4.71. The average molecular weight is 467 g/mol. The molecule has 6 nitrogen and oxygen atoms in total. The molecule has 2 aliphatic heterocycles. The first kappa shape index (κ1) is 25.3. The van der Waals surface area contributed by atoms with Crippen LogP contribution in [-0.2, 0) is 9.53 Å². The van der Waals surface area contributed by atoms with Crippen LogP contribution in [0.4, 0.5) is 0 Å². The second-order valence-electron chi connectivity index (χ2n) is 9.73. The molecule has 180 valence electrons. The molecule has 0 aromatic heterocycles. The zero-order valence-electron chi connectivity index (χ0n) is 20.0. The van der Waals surface area contributed by atoms with Gasteiger partial charge >= 0.3 is 0 Å². The highest BCUT2D eigenvalue weighted by Crippen LogP contribution is 2.30. The zero-order chi connectivity index (χ0) is 23.3. The van der Waals surface area contributed by atoms with Gasteiger partial charge in [-0.05, 0) is 55.9 Å². The minimum atomic E-state index is -0.694. The first-order valence-electron chi connectivity index (χ1n) is 11.9. The van der Waals surface area contributed by atoms with E-state index < -0.39 is 5.60 Å². The van der Waals surface area contributed by atoms with Gasteiger partial charge in [-0.3, -0.25) is 9.69 Å². The van der Waals surface area contributed by atoms with Gasteiger partial charge < -0.3 is 19.5 Å². The van der Waals surface area contributed by atoms with Crippen LogP contribution >= 0.6 is 11.6 Å². The molecular weight excluding hydrogens is 428 g/mol. The van der Waals surface area contributed by atoms with Gasteiger partial charge in [-0.25, -0.2) is 0 Å². The van der Waals surface area contributed by atoms with E-state index in [0.29, 0.717) is 51.6 Å². The summed E-state index contributed by atoms with van der Waals surface area (Å²) in [7, 11) is 0. The summed E-state index contributed by atoms with van der Waals surface area (Å²) < 4.78 is 12.5. The average Bonchev–Trinajstić information content (AvgIpc) is 2.76. The fraction of sp³-hybridized carbons (Fsp3) is 0.720. The number of aliphatic hydroxyl groups is 1. The highest BCUT2D eigenvalue weighted by atomic mass is 35.5. The molecule has 7 heteroatoms. The molecule has 0 aliphatic carbocycles. The maximum absolute atomic E-state index is 13.2. The molecule has 0 spiro atoms. The van der Waals surface area contributed by atoms with E-state index in [1.54, 1.807) is 0 Å². The van der Waals surface area contributed by atoms with Crippen LogP contribution in [-0.4, -0.2) is 78.5 Å². The summed E-state index contributed by atoms with van der Waals surface area (Å²) in [6.07, 6.45) is 2.38. The Morgan fingerprint density at radius 1 is 1.28 bits per heavy atom. The molecule has 2 saturated heterocycles. The van der Waals surface area contributed by atoms with Crippen LogP contribution in [0.15, 0.2) is 12.1 Å². The van der Waals surface area contributed by atoms with Crippen molar-refractivity contribution >= 4 is 17.5 Å². The van der Waals surface area contributed by atoms with Crippen molar-refractivity contribution in [2.24, 2.45) is 5.92 Å². The van der Waals surface area contributed by atoms with Gasteiger partial charge in [-0.1, -0.05) is 31.9 Å². The molecule has 1 aromatic carbocycles. The van der Waals surface area contributed by atoms with E-state index in [1.165, 1.54) is 0 Å². The number of ether oxygens (including phenoxy) is 2. The topological polar surface area (TPSA) is 62.2 Å². The largest absolute Gasteiger partial charge is 0.490 e. The molecule has 2 aliphatic rings. The van der Waals surface area contributed by atoms with E-state index in [9.17, 15) is 9.90 Å². The second-order valence-corrected chi connectivity index (χ2v) is 10.1. The second kappa shape index (κ2) is 11.2. The number of rotatable bonds is 8. The summed E-state index contributed by atoms with van der Waals surface area (Å²) in [5.74, 6) is 1.42. The Kier molecular flexibility index (Phi) is 8.84. The lowest BCUT2D eigenvalue weighted by atomic mass is 9.95. The van der Waals surface area contributed by atoms with Crippen LogP contribution < -0.4 is 4.74 Å². The summed E-state index contributed by atoms with van der Waals surface area (Å²) in [6, 6.07) is 3.88. The predicted molar refractivity (Wildman–Crippen MR) is 127 cm³/mol. The number of aliphatic hydroxyl groups excluding tert-OH is 1. The minimum Gasteiger partial charge on any atom is -0.490 e. The Morgan fingerprint density at radius 3 is 2.56 bits per heavy atom. The van der Waals surface area contributed by atoms with Crippen molar-refractivity contribution in [3.63, 3.8) is 0 Å². The summed E-state index contributed by atoms with van der Waals surface area (Å²) in [5, 5.41) is 10.6. The van der Waals surface area contributed by atoms with Gasteiger partial charge in [0.2, 0.25) is 5.91 Å². The number of nitrogens with zero attached hydrogens (tertiary/aromatic N) is 2. The summed E-state index contributed by atoms with van der Waals surface area (Å²) >= 11 is 6.32. The highest BCUT2D eigenvalue weighted by molar-refractivity contribution is 6.32. The third-order valence-electron chi connectivity index (χ3n) is 6.80. The molecule has 3 rings (SSSR count). The Morgan fingerprint density at radius 2 is 1.94 bits per heavy atom. The molecule has 2 atom stereocenters. The summed E-state index contributed by atoms with van der Waals surface area (Å²) in [5.41, 5.74) is 1.25. The Labute approximate surface area is 197 Å². The summed E-state index contributed by atoms with van der Waals surface area (Å²) in [4.78, 5) is 17.5. The van der Waals surface area contributed by atoms with Gasteiger partial charge in [0.15, 0.2) is 0 Å². The van der Waals surface area contributed by atoms with Crippen molar-refractivity contribution < 1.29 is 19.4 Å². The van der Waals surface area contributed by atoms with Gasteiger partial charge in [0.05, 0.1) is 19.1 Å². The van der Waals surface area contributed by atoms with Crippen molar-refractivity contribution in [1.82, 2.24) is 9.80 Å².